The topological polar surface area (TPSA) is 68.8 Å². The van der Waals surface area contributed by atoms with E-state index in [2.05, 4.69) is 10.9 Å². The van der Waals surface area contributed by atoms with Crippen molar-refractivity contribution in [2.45, 2.75) is 45.3 Å². The van der Waals surface area contributed by atoms with Gasteiger partial charge in [0.2, 0.25) is 0 Å². The molecule has 1 amide bonds. The zero-order valence-corrected chi connectivity index (χ0v) is 15.3. The Balaban J connectivity index is 2.72. The average Bonchev–Trinajstić information content (AvgIpc) is 2.52. The normalized spacial score (nSPS) is 12.7. The second-order valence-corrected chi connectivity index (χ2v) is 6.63. The summed E-state index contributed by atoms with van der Waals surface area (Å²) in [6.07, 6.45) is -0.377. The van der Waals surface area contributed by atoms with Crippen LogP contribution in [0, 0.1) is 17.5 Å². The minimum Gasteiger partial charge on any atom is -0.443 e. The summed E-state index contributed by atoms with van der Waals surface area (Å²) in [7, 11) is 1.47. The van der Waals surface area contributed by atoms with E-state index in [1.54, 1.807) is 20.8 Å². The van der Waals surface area contributed by atoms with Crippen molar-refractivity contribution in [2.24, 2.45) is 0 Å². The second kappa shape index (κ2) is 10.3. The first-order valence-electron chi connectivity index (χ1n) is 8.07. The second-order valence-electron chi connectivity index (χ2n) is 6.63. The van der Waals surface area contributed by atoms with E-state index < -0.39 is 35.2 Å². The molecule has 0 aliphatic rings. The van der Waals surface area contributed by atoms with Gasteiger partial charge in [0, 0.05) is 19.2 Å². The number of methoxy groups -OCH3 is 1. The molecule has 148 valence electrons. The lowest BCUT2D eigenvalue weighted by Gasteiger charge is -2.23. The van der Waals surface area contributed by atoms with Crippen LogP contribution in [0.25, 0.3) is 0 Å². The molecule has 0 unspecified atom stereocenters. The number of benzene rings is 1. The van der Waals surface area contributed by atoms with Gasteiger partial charge in [-0.1, -0.05) is 0 Å². The maximum atomic E-state index is 13.9. The number of nitrogens with one attached hydrogen (secondary N) is 2. The Kier molecular flexibility index (Phi) is 8.83. The quantitative estimate of drug-likeness (QED) is 0.299. The molecule has 0 aliphatic carbocycles. The highest BCUT2D eigenvalue weighted by Crippen LogP contribution is 2.16. The molecule has 0 bridgehead atoms. The summed E-state index contributed by atoms with van der Waals surface area (Å²) in [4.78, 5) is 11.7. The minimum absolute atomic E-state index is 0.00479. The van der Waals surface area contributed by atoms with Crippen molar-refractivity contribution in [1.82, 2.24) is 10.9 Å². The maximum absolute atomic E-state index is 13.9. The van der Waals surface area contributed by atoms with Gasteiger partial charge in [0.1, 0.15) is 18.2 Å². The lowest BCUT2D eigenvalue weighted by atomic mass is 10.0. The highest BCUT2D eigenvalue weighted by molar-refractivity contribution is 5.67. The van der Waals surface area contributed by atoms with E-state index in [0.29, 0.717) is 12.5 Å². The van der Waals surface area contributed by atoms with Crippen LogP contribution in [0.1, 0.15) is 32.8 Å². The maximum Gasteiger partial charge on any atom is 0.422 e. The average molecular weight is 378 g/mol. The van der Waals surface area contributed by atoms with Crippen LogP contribution < -0.4 is 10.9 Å². The van der Waals surface area contributed by atoms with Crippen LogP contribution in [0.3, 0.4) is 0 Å². The number of halogens is 3. The fourth-order valence-corrected chi connectivity index (χ4v) is 2.04. The fraction of sp³-hybridized carbons (Fsp3) is 0.588. The Bertz CT molecular complexity index is 594. The predicted octanol–water partition coefficient (Wildman–Crippen LogP) is 3.05. The number of amides is 1. The van der Waals surface area contributed by atoms with E-state index in [4.69, 9.17) is 14.2 Å². The summed E-state index contributed by atoms with van der Waals surface area (Å²) in [5, 5.41) is 0. The summed E-state index contributed by atoms with van der Waals surface area (Å²) in [5.74, 6) is -3.27. The number of ether oxygens (including phenoxy) is 3. The van der Waals surface area contributed by atoms with E-state index >= 15 is 0 Å². The lowest BCUT2D eigenvalue weighted by Crippen LogP contribution is -2.47. The molecule has 0 aromatic heterocycles. The Morgan fingerprint density at radius 1 is 1.15 bits per heavy atom. The highest BCUT2D eigenvalue weighted by Gasteiger charge is 2.19. The first kappa shape index (κ1) is 22.2. The summed E-state index contributed by atoms with van der Waals surface area (Å²) in [6.45, 7) is 5.44. The van der Waals surface area contributed by atoms with Gasteiger partial charge in [-0.25, -0.2) is 23.4 Å². The monoisotopic (exact) mass is 378 g/mol. The molecule has 2 N–H and O–H groups in total. The fourth-order valence-electron chi connectivity index (χ4n) is 2.04. The number of hydrazine groups is 1. The number of carbonyl (C=O) groups excluding carboxylic acids is 1. The summed E-state index contributed by atoms with van der Waals surface area (Å²) < 4.78 is 55.3. The molecule has 1 aromatic carbocycles. The Hall–Kier alpha value is -1.84. The molecule has 0 fully saturated rings. The molecule has 1 aromatic rings. The molecule has 0 aliphatic heterocycles. The van der Waals surface area contributed by atoms with Crippen LogP contribution >= 0.6 is 0 Å². The van der Waals surface area contributed by atoms with Crippen molar-refractivity contribution < 1.29 is 32.2 Å². The van der Waals surface area contributed by atoms with Gasteiger partial charge < -0.3 is 14.2 Å². The molecular formula is C17H25F3N2O4. The van der Waals surface area contributed by atoms with E-state index in [9.17, 15) is 18.0 Å². The molecule has 0 heterocycles. The summed E-state index contributed by atoms with van der Waals surface area (Å²) in [5.41, 5.74) is 4.34. The van der Waals surface area contributed by atoms with Crippen LogP contribution in [0.4, 0.5) is 18.0 Å². The molecule has 0 saturated carbocycles. The molecule has 0 radical (unpaired) electrons. The van der Waals surface area contributed by atoms with Gasteiger partial charge in [0.05, 0.1) is 6.61 Å². The standard InChI is InChI=1S/C17H25F3N2O4/c1-17(2,3)26-16(23)22-21-12(5-6-25-10-24-4)7-11-8-14(19)15(20)9-13(11)18/h8-9,12,21H,5-7,10H2,1-4H3,(H,22,23)/t12-/m0/s1. The molecule has 9 heteroatoms. The minimum atomic E-state index is -1.26. The van der Waals surface area contributed by atoms with E-state index in [1.807, 2.05) is 0 Å². The summed E-state index contributed by atoms with van der Waals surface area (Å²) >= 11 is 0. The predicted molar refractivity (Wildman–Crippen MR) is 88.8 cm³/mol. The largest absolute Gasteiger partial charge is 0.443 e. The first-order chi connectivity index (χ1) is 12.1. The van der Waals surface area contributed by atoms with E-state index in [-0.39, 0.29) is 25.4 Å². The molecule has 6 nitrogen and oxygen atoms in total. The van der Waals surface area contributed by atoms with Crippen molar-refractivity contribution in [1.29, 1.82) is 0 Å². The molecule has 0 spiro atoms. The van der Waals surface area contributed by atoms with E-state index in [1.165, 1.54) is 7.11 Å². The van der Waals surface area contributed by atoms with E-state index in [0.717, 1.165) is 6.07 Å². The van der Waals surface area contributed by atoms with Gasteiger partial charge in [0.15, 0.2) is 11.6 Å². The molecular weight excluding hydrogens is 353 g/mol. The summed E-state index contributed by atoms with van der Waals surface area (Å²) in [6, 6.07) is 0.770. The molecule has 1 rings (SSSR count). The number of hydrogen-bond acceptors (Lipinski definition) is 5. The smallest absolute Gasteiger partial charge is 0.422 e. The SMILES string of the molecule is COCOCC[C@@H](Cc1cc(F)c(F)cc1F)NNC(=O)OC(C)(C)C. The van der Waals surface area contributed by atoms with Crippen molar-refractivity contribution in [3.8, 4) is 0 Å². The lowest BCUT2D eigenvalue weighted by molar-refractivity contribution is -0.0335. The van der Waals surface area contributed by atoms with Crippen LogP contribution in [-0.4, -0.2) is 38.2 Å². The van der Waals surface area contributed by atoms with Crippen LogP contribution in [0.5, 0.6) is 0 Å². The third kappa shape index (κ3) is 8.50. The van der Waals surface area contributed by atoms with Crippen LogP contribution in [0.15, 0.2) is 12.1 Å². The van der Waals surface area contributed by atoms with Crippen LogP contribution in [0.2, 0.25) is 0 Å². The van der Waals surface area contributed by atoms with Crippen LogP contribution in [-0.2, 0) is 20.6 Å². The van der Waals surface area contributed by atoms with Crippen molar-refractivity contribution in [3.63, 3.8) is 0 Å². The molecule has 0 saturated heterocycles. The zero-order valence-electron chi connectivity index (χ0n) is 15.3. The first-order valence-corrected chi connectivity index (χ1v) is 8.07. The van der Waals surface area contributed by atoms with Gasteiger partial charge in [-0.05, 0) is 45.2 Å². The number of hydrogen-bond donors (Lipinski definition) is 2. The Labute approximate surface area is 151 Å². The third-order valence-electron chi connectivity index (χ3n) is 3.14. The number of rotatable bonds is 9. The third-order valence-corrected chi connectivity index (χ3v) is 3.14. The van der Waals surface area contributed by atoms with Gasteiger partial charge >= 0.3 is 6.09 Å². The Morgan fingerprint density at radius 2 is 1.81 bits per heavy atom. The Morgan fingerprint density at radius 3 is 2.42 bits per heavy atom. The van der Waals surface area contributed by atoms with Crippen molar-refractivity contribution >= 4 is 6.09 Å². The van der Waals surface area contributed by atoms with Gasteiger partial charge in [-0.15, -0.1) is 0 Å². The highest BCUT2D eigenvalue weighted by atomic mass is 19.2. The van der Waals surface area contributed by atoms with Crippen molar-refractivity contribution in [2.75, 3.05) is 20.5 Å². The molecule has 26 heavy (non-hydrogen) atoms. The van der Waals surface area contributed by atoms with Gasteiger partial charge in [0.25, 0.3) is 0 Å². The zero-order chi connectivity index (χ0) is 19.7. The molecule has 1 atom stereocenters. The number of carbonyl (C=O) groups is 1. The van der Waals surface area contributed by atoms with Gasteiger partial charge in [-0.3, -0.25) is 5.43 Å². The van der Waals surface area contributed by atoms with Gasteiger partial charge in [-0.2, -0.15) is 0 Å². The van der Waals surface area contributed by atoms with Crippen molar-refractivity contribution in [3.05, 3.63) is 35.1 Å².